The van der Waals surface area contributed by atoms with Crippen LogP contribution in [-0.4, -0.2) is 19.2 Å². The number of ether oxygens (including phenoxy) is 1. The topological polar surface area (TPSA) is 21.3 Å². The molecule has 1 N–H and O–H groups in total. The lowest BCUT2D eigenvalue weighted by atomic mass is 9.93. The number of hydrogen-bond donors (Lipinski definition) is 1. The molecule has 0 aromatic heterocycles. The summed E-state index contributed by atoms with van der Waals surface area (Å²) in [7, 11) is 2.02. The van der Waals surface area contributed by atoms with Gasteiger partial charge in [-0.2, -0.15) is 0 Å². The smallest absolute Gasteiger partial charge is 0.137 e. The molecule has 0 saturated heterocycles. The second-order valence-corrected chi connectivity index (χ2v) is 5.68. The molecule has 1 fully saturated rings. The SMILES string of the molecule is CNC1CCC(OCc2ccc(F)c(Br)c2)CC1. The van der Waals surface area contributed by atoms with Crippen LogP contribution in [-0.2, 0) is 11.3 Å². The monoisotopic (exact) mass is 315 g/mol. The normalized spacial score (nSPS) is 24.2. The zero-order valence-corrected chi connectivity index (χ0v) is 12.2. The van der Waals surface area contributed by atoms with Gasteiger partial charge in [-0.25, -0.2) is 4.39 Å². The molecule has 18 heavy (non-hydrogen) atoms. The third-order valence-corrected chi connectivity index (χ3v) is 4.16. The van der Waals surface area contributed by atoms with Crippen molar-refractivity contribution in [3.05, 3.63) is 34.1 Å². The molecule has 0 bridgehead atoms. The average Bonchev–Trinajstić information content (AvgIpc) is 2.41. The first-order valence-electron chi connectivity index (χ1n) is 6.42. The van der Waals surface area contributed by atoms with Gasteiger partial charge in [-0.05, 0) is 66.4 Å². The number of halogens is 2. The second kappa shape index (κ2) is 6.64. The van der Waals surface area contributed by atoms with Gasteiger partial charge < -0.3 is 10.1 Å². The highest BCUT2D eigenvalue weighted by Gasteiger charge is 2.20. The first kappa shape index (κ1) is 14.0. The Morgan fingerprint density at radius 3 is 2.67 bits per heavy atom. The lowest BCUT2D eigenvalue weighted by Gasteiger charge is -2.28. The molecule has 0 spiro atoms. The van der Waals surface area contributed by atoms with Crippen LogP contribution >= 0.6 is 15.9 Å². The zero-order valence-electron chi connectivity index (χ0n) is 10.6. The maximum absolute atomic E-state index is 13.1. The Labute approximate surface area is 116 Å². The lowest BCUT2D eigenvalue weighted by Crippen LogP contribution is -2.32. The van der Waals surface area contributed by atoms with Crippen molar-refractivity contribution in [2.45, 2.75) is 44.4 Å². The van der Waals surface area contributed by atoms with Gasteiger partial charge in [0.25, 0.3) is 0 Å². The van der Waals surface area contributed by atoms with Gasteiger partial charge in [0, 0.05) is 6.04 Å². The Balaban J connectivity index is 1.79. The van der Waals surface area contributed by atoms with Crippen LogP contribution < -0.4 is 5.32 Å². The van der Waals surface area contributed by atoms with E-state index in [9.17, 15) is 4.39 Å². The number of rotatable bonds is 4. The summed E-state index contributed by atoms with van der Waals surface area (Å²) in [6.45, 7) is 0.563. The molecule has 0 amide bonds. The summed E-state index contributed by atoms with van der Waals surface area (Å²) in [5.41, 5.74) is 1.01. The summed E-state index contributed by atoms with van der Waals surface area (Å²) in [4.78, 5) is 0. The van der Waals surface area contributed by atoms with Gasteiger partial charge in [-0.3, -0.25) is 0 Å². The second-order valence-electron chi connectivity index (χ2n) is 4.82. The number of nitrogens with one attached hydrogen (secondary N) is 1. The molecule has 4 heteroatoms. The van der Waals surface area contributed by atoms with Gasteiger partial charge in [0.1, 0.15) is 5.82 Å². The Morgan fingerprint density at radius 1 is 1.33 bits per heavy atom. The van der Waals surface area contributed by atoms with E-state index in [4.69, 9.17) is 4.74 Å². The Hall–Kier alpha value is -0.450. The maximum Gasteiger partial charge on any atom is 0.137 e. The molecule has 0 radical (unpaired) electrons. The maximum atomic E-state index is 13.1. The van der Waals surface area contributed by atoms with Gasteiger partial charge in [-0.1, -0.05) is 6.07 Å². The fourth-order valence-electron chi connectivity index (χ4n) is 2.36. The van der Waals surface area contributed by atoms with Crippen molar-refractivity contribution >= 4 is 15.9 Å². The summed E-state index contributed by atoms with van der Waals surface area (Å²) in [6, 6.07) is 5.68. The first-order chi connectivity index (χ1) is 8.69. The molecule has 1 saturated carbocycles. The van der Waals surface area contributed by atoms with Crippen molar-refractivity contribution in [1.29, 1.82) is 0 Å². The van der Waals surface area contributed by atoms with Crippen molar-refractivity contribution < 1.29 is 9.13 Å². The minimum Gasteiger partial charge on any atom is -0.374 e. The number of hydrogen-bond acceptors (Lipinski definition) is 2. The molecular weight excluding hydrogens is 297 g/mol. The van der Waals surface area contributed by atoms with Crippen molar-refractivity contribution in [1.82, 2.24) is 5.32 Å². The highest BCUT2D eigenvalue weighted by Crippen LogP contribution is 2.23. The van der Waals surface area contributed by atoms with Crippen molar-refractivity contribution in [3.63, 3.8) is 0 Å². The van der Waals surface area contributed by atoms with E-state index in [1.165, 1.54) is 18.9 Å². The van der Waals surface area contributed by atoms with E-state index < -0.39 is 0 Å². The van der Waals surface area contributed by atoms with Gasteiger partial charge >= 0.3 is 0 Å². The summed E-state index contributed by atoms with van der Waals surface area (Å²) in [5, 5.41) is 3.31. The zero-order chi connectivity index (χ0) is 13.0. The van der Waals surface area contributed by atoms with E-state index in [2.05, 4.69) is 21.2 Å². The molecule has 2 nitrogen and oxygen atoms in total. The summed E-state index contributed by atoms with van der Waals surface area (Å²) in [5.74, 6) is -0.228. The van der Waals surface area contributed by atoms with Gasteiger partial charge in [0.2, 0.25) is 0 Å². The molecule has 1 aliphatic carbocycles. The number of benzene rings is 1. The average molecular weight is 316 g/mol. The van der Waals surface area contributed by atoms with Crippen LogP contribution in [0.5, 0.6) is 0 Å². The minimum absolute atomic E-state index is 0.228. The van der Waals surface area contributed by atoms with E-state index >= 15 is 0 Å². The summed E-state index contributed by atoms with van der Waals surface area (Å²) >= 11 is 3.19. The molecule has 0 atom stereocenters. The largest absolute Gasteiger partial charge is 0.374 e. The Morgan fingerprint density at radius 2 is 2.06 bits per heavy atom. The third kappa shape index (κ3) is 3.77. The summed E-state index contributed by atoms with van der Waals surface area (Å²) < 4.78 is 19.5. The lowest BCUT2D eigenvalue weighted by molar-refractivity contribution is 0.0118. The molecule has 1 aromatic carbocycles. The Kier molecular flexibility index (Phi) is 5.15. The molecule has 0 aliphatic heterocycles. The van der Waals surface area contributed by atoms with Crippen LogP contribution in [0.4, 0.5) is 4.39 Å². The van der Waals surface area contributed by atoms with Gasteiger partial charge in [-0.15, -0.1) is 0 Å². The van der Waals surface area contributed by atoms with Crippen molar-refractivity contribution in [3.8, 4) is 0 Å². The standard InChI is InChI=1S/C14H19BrFNO/c1-17-11-3-5-12(6-4-11)18-9-10-2-7-14(16)13(15)8-10/h2,7-8,11-12,17H,3-6,9H2,1H3. The molecule has 0 heterocycles. The van der Waals surface area contributed by atoms with E-state index in [0.717, 1.165) is 18.4 Å². The first-order valence-corrected chi connectivity index (χ1v) is 7.21. The molecular formula is C14H19BrFNO. The van der Waals surface area contributed by atoms with Gasteiger partial charge in [0.15, 0.2) is 0 Å². The quantitative estimate of drug-likeness (QED) is 0.916. The predicted molar refractivity (Wildman–Crippen MR) is 74.0 cm³/mol. The predicted octanol–water partition coefficient (Wildman–Crippen LogP) is 3.64. The van der Waals surface area contributed by atoms with Gasteiger partial charge in [0.05, 0.1) is 17.2 Å². The molecule has 2 rings (SSSR count). The molecule has 1 aromatic rings. The van der Waals surface area contributed by atoms with E-state index in [1.807, 2.05) is 7.05 Å². The van der Waals surface area contributed by atoms with Crippen molar-refractivity contribution in [2.24, 2.45) is 0 Å². The Bertz CT molecular complexity index is 391. The van der Waals surface area contributed by atoms with Crippen LogP contribution in [0.15, 0.2) is 22.7 Å². The highest BCUT2D eigenvalue weighted by molar-refractivity contribution is 9.10. The third-order valence-electron chi connectivity index (χ3n) is 3.55. The van der Waals surface area contributed by atoms with E-state index in [-0.39, 0.29) is 5.82 Å². The minimum atomic E-state index is -0.228. The fraction of sp³-hybridized carbons (Fsp3) is 0.571. The van der Waals surface area contributed by atoms with Crippen LogP contribution in [0.3, 0.4) is 0 Å². The molecule has 0 unspecified atom stereocenters. The van der Waals surface area contributed by atoms with Crippen LogP contribution in [0.1, 0.15) is 31.2 Å². The van der Waals surface area contributed by atoms with E-state index in [0.29, 0.717) is 23.2 Å². The molecule has 1 aliphatic rings. The van der Waals surface area contributed by atoms with Crippen molar-refractivity contribution in [2.75, 3.05) is 7.05 Å². The van der Waals surface area contributed by atoms with Crippen LogP contribution in [0.25, 0.3) is 0 Å². The molecule has 100 valence electrons. The van der Waals surface area contributed by atoms with Crippen LogP contribution in [0, 0.1) is 5.82 Å². The highest BCUT2D eigenvalue weighted by atomic mass is 79.9. The van der Waals surface area contributed by atoms with E-state index in [1.54, 1.807) is 12.1 Å². The fourth-order valence-corrected chi connectivity index (χ4v) is 2.79. The van der Waals surface area contributed by atoms with Crippen LogP contribution in [0.2, 0.25) is 0 Å². The summed E-state index contributed by atoms with van der Waals surface area (Å²) in [6.07, 6.45) is 4.91.